The number of carbonyl (C=O) groups excluding carboxylic acids is 1. The third-order valence-corrected chi connectivity index (χ3v) is 2.83. The number of hydrogen-bond acceptors (Lipinski definition) is 2. The van der Waals surface area contributed by atoms with Gasteiger partial charge >= 0.3 is 0 Å². The molecule has 2 aromatic rings. The first-order valence-corrected chi connectivity index (χ1v) is 6.41. The van der Waals surface area contributed by atoms with E-state index in [1.807, 2.05) is 0 Å². The summed E-state index contributed by atoms with van der Waals surface area (Å²) in [6.07, 6.45) is 0. The number of amides is 1. The molecular weight excluding hydrogens is 269 g/mol. The molecule has 4 heteroatoms. The molecular formula is C17H14FNO2. The number of aliphatic hydroxyl groups excluding tert-OH is 1. The number of halogens is 1. The molecule has 0 fully saturated rings. The van der Waals surface area contributed by atoms with Crippen LogP contribution < -0.4 is 5.32 Å². The fraction of sp³-hybridized carbons (Fsp3) is 0.118. The van der Waals surface area contributed by atoms with Gasteiger partial charge in [0.2, 0.25) is 0 Å². The number of benzene rings is 2. The number of aliphatic hydroxyl groups is 1. The molecule has 0 unspecified atom stereocenters. The molecule has 2 rings (SSSR count). The van der Waals surface area contributed by atoms with Gasteiger partial charge in [0.25, 0.3) is 5.91 Å². The highest BCUT2D eigenvalue weighted by molar-refractivity contribution is 5.94. The molecule has 0 saturated carbocycles. The summed E-state index contributed by atoms with van der Waals surface area (Å²) in [6.45, 7) is 0.144. The fourth-order valence-electron chi connectivity index (χ4n) is 1.73. The molecule has 2 aromatic carbocycles. The number of rotatable bonds is 3. The van der Waals surface area contributed by atoms with Crippen LogP contribution >= 0.6 is 0 Å². The number of hydrogen-bond donors (Lipinski definition) is 2. The maximum Gasteiger partial charge on any atom is 0.251 e. The minimum absolute atomic E-state index is 0.195. The number of carbonyl (C=O) groups is 1. The van der Waals surface area contributed by atoms with Gasteiger partial charge in [0.15, 0.2) is 0 Å². The van der Waals surface area contributed by atoms with Crippen molar-refractivity contribution in [2.75, 3.05) is 6.61 Å². The Morgan fingerprint density at radius 3 is 2.38 bits per heavy atom. The Hall–Kier alpha value is -2.64. The van der Waals surface area contributed by atoms with Crippen LogP contribution in [0.5, 0.6) is 0 Å². The zero-order chi connectivity index (χ0) is 15.1. The lowest BCUT2D eigenvalue weighted by Crippen LogP contribution is -2.22. The molecule has 1 amide bonds. The van der Waals surface area contributed by atoms with Gasteiger partial charge < -0.3 is 10.4 Å². The van der Waals surface area contributed by atoms with Gasteiger partial charge in [-0.2, -0.15) is 0 Å². The second-order valence-electron chi connectivity index (χ2n) is 4.35. The minimum Gasteiger partial charge on any atom is -0.384 e. The van der Waals surface area contributed by atoms with Crippen molar-refractivity contribution in [1.82, 2.24) is 5.32 Å². The molecule has 3 nitrogen and oxygen atoms in total. The van der Waals surface area contributed by atoms with E-state index in [0.717, 1.165) is 11.1 Å². The summed E-state index contributed by atoms with van der Waals surface area (Å²) in [5.41, 5.74) is 2.08. The monoisotopic (exact) mass is 283 g/mol. The van der Waals surface area contributed by atoms with Crippen molar-refractivity contribution < 1.29 is 14.3 Å². The standard InChI is InChI=1S/C17H14FNO2/c18-16-9-5-14(6-10-16)12-19-17(21)15-7-3-13(4-8-15)2-1-11-20/h3-10,20H,11-12H2,(H,19,21). The highest BCUT2D eigenvalue weighted by atomic mass is 19.1. The number of nitrogens with one attached hydrogen (secondary N) is 1. The molecule has 0 radical (unpaired) electrons. The molecule has 0 aliphatic rings. The van der Waals surface area contributed by atoms with Crippen LogP contribution in [-0.2, 0) is 6.54 Å². The SMILES string of the molecule is O=C(NCc1ccc(F)cc1)c1ccc(C#CCO)cc1. The fourth-order valence-corrected chi connectivity index (χ4v) is 1.73. The first-order valence-electron chi connectivity index (χ1n) is 6.41. The summed E-state index contributed by atoms with van der Waals surface area (Å²) in [6, 6.07) is 12.7. The second kappa shape index (κ2) is 7.22. The van der Waals surface area contributed by atoms with Gasteiger partial charge in [-0.3, -0.25) is 4.79 Å². The van der Waals surface area contributed by atoms with Gasteiger partial charge in [0.1, 0.15) is 12.4 Å². The van der Waals surface area contributed by atoms with Crippen LogP contribution in [0.2, 0.25) is 0 Å². The van der Waals surface area contributed by atoms with Crippen LogP contribution in [-0.4, -0.2) is 17.6 Å². The van der Waals surface area contributed by atoms with Gasteiger partial charge in [-0.05, 0) is 42.0 Å². The highest BCUT2D eigenvalue weighted by Crippen LogP contribution is 2.05. The summed E-state index contributed by atoms with van der Waals surface area (Å²) >= 11 is 0. The third kappa shape index (κ3) is 4.44. The second-order valence-corrected chi connectivity index (χ2v) is 4.35. The first kappa shape index (κ1) is 14.8. The molecule has 106 valence electrons. The molecule has 0 atom stereocenters. The Balaban J connectivity index is 1.95. The predicted molar refractivity (Wildman–Crippen MR) is 78.0 cm³/mol. The molecule has 0 spiro atoms. The van der Waals surface area contributed by atoms with E-state index >= 15 is 0 Å². The van der Waals surface area contributed by atoms with E-state index in [1.165, 1.54) is 12.1 Å². The van der Waals surface area contributed by atoms with Crippen molar-refractivity contribution in [3.8, 4) is 11.8 Å². The lowest BCUT2D eigenvalue weighted by molar-refractivity contribution is 0.0951. The van der Waals surface area contributed by atoms with E-state index in [-0.39, 0.29) is 18.3 Å². The molecule has 0 heterocycles. The van der Waals surface area contributed by atoms with E-state index in [9.17, 15) is 9.18 Å². The summed E-state index contributed by atoms with van der Waals surface area (Å²) in [5.74, 6) is 4.79. The van der Waals surface area contributed by atoms with E-state index in [0.29, 0.717) is 12.1 Å². The zero-order valence-electron chi connectivity index (χ0n) is 11.3. The van der Waals surface area contributed by atoms with Crippen molar-refractivity contribution >= 4 is 5.91 Å². The summed E-state index contributed by atoms with van der Waals surface area (Å²) in [5, 5.41) is 11.4. The lowest BCUT2D eigenvalue weighted by atomic mass is 10.1. The van der Waals surface area contributed by atoms with Gasteiger partial charge in [-0.15, -0.1) is 0 Å². The molecule has 2 N–H and O–H groups in total. The van der Waals surface area contributed by atoms with Crippen molar-refractivity contribution in [2.45, 2.75) is 6.54 Å². The predicted octanol–water partition coefficient (Wildman–Crippen LogP) is 2.10. The van der Waals surface area contributed by atoms with Gasteiger partial charge in [-0.25, -0.2) is 4.39 Å². The average Bonchev–Trinajstić information content (AvgIpc) is 2.52. The van der Waals surface area contributed by atoms with Gasteiger partial charge in [0, 0.05) is 17.7 Å². The molecule has 21 heavy (non-hydrogen) atoms. The van der Waals surface area contributed by atoms with Crippen molar-refractivity contribution in [3.63, 3.8) is 0 Å². The van der Waals surface area contributed by atoms with Crippen LogP contribution in [0.3, 0.4) is 0 Å². The quantitative estimate of drug-likeness (QED) is 0.848. The highest BCUT2D eigenvalue weighted by Gasteiger charge is 2.04. The van der Waals surface area contributed by atoms with E-state index in [4.69, 9.17) is 5.11 Å². The van der Waals surface area contributed by atoms with Crippen molar-refractivity contribution in [1.29, 1.82) is 0 Å². The van der Waals surface area contributed by atoms with E-state index < -0.39 is 0 Å². The van der Waals surface area contributed by atoms with Crippen LogP contribution in [0.25, 0.3) is 0 Å². The lowest BCUT2D eigenvalue weighted by Gasteiger charge is -2.05. The Labute approximate surface area is 122 Å². The van der Waals surface area contributed by atoms with E-state index in [1.54, 1.807) is 36.4 Å². The Kier molecular flexibility index (Phi) is 5.08. The molecule has 0 aliphatic carbocycles. The molecule has 0 saturated heterocycles. The molecule has 0 aliphatic heterocycles. The smallest absolute Gasteiger partial charge is 0.251 e. The summed E-state index contributed by atoms with van der Waals surface area (Å²) < 4.78 is 12.8. The zero-order valence-corrected chi connectivity index (χ0v) is 11.3. The topological polar surface area (TPSA) is 49.3 Å². The van der Waals surface area contributed by atoms with Crippen LogP contribution in [0.1, 0.15) is 21.5 Å². The van der Waals surface area contributed by atoms with Gasteiger partial charge in [0.05, 0.1) is 0 Å². The minimum atomic E-state index is -0.301. The Morgan fingerprint density at radius 1 is 1.10 bits per heavy atom. The van der Waals surface area contributed by atoms with E-state index in [2.05, 4.69) is 17.2 Å². The average molecular weight is 283 g/mol. The molecule has 0 aromatic heterocycles. The van der Waals surface area contributed by atoms with Gasteiger partial charge in [-0.1, -0.05) is 24.0 Å². The van der Waals surface area contributed by atoms with Crippen LogP contribution in [0.4, 0.5) is 4.39 Å². The first-order chi connectivity index (χ1) is 10.2. The Bertz CT molecular complexity index is 667. The summed E-state index contributed by atoms with van der Waals surface area (Å²) in [4.78, 5) is 11.9. The summed E-state index contributed by atoms with van der Waals surface area (Å²) in [7, 11) is 0. The largest absolute Gasteiger partial charge is 0.384 e. The van der Waals surface area contributed by atoms with Crippen LogP contribution in [0.15, 0.2) is 48.5 Å². The normalized spacial score (nSPS) is 9.62. The van der Waals surface area contributed by atoms with Crippen LogP contribution in [0, 0.1) is 17.7 Å². The maximum absolute atomic E-state index is 12.8. The van der Waals surface area contributed by atoms with Crippen molar-refractivity contribution in [3.05, 3.63) is 71.0 Å². The maximum atomic E-state index is 12.8. The molecule has 0 bridgehead atoms. The Morgan fingerprint density at radius 2 is 1.76 bits per heavy atom. The third-order valence-electron chi connectivity index (χ3n) is 2.83. The van der Waals surface area contributed by atoms with Crippen molar-refractivity contribution in [2.24, 2.45) is 0 Å².